The van der Waals surface area contributed by atoms with Crippen LogP contribution in [0.1, 0.15) is 52.0 Å². The van der Waals surface area contributed by atoms with Gasteiger partial charge in [0.15, 0.2) is 0 Å². The van der Waals surface area contributed by atoms with Gasteiger partial charge in [0, 0.05) is 4.83 Å². The van der Waals surface area contributed by atoms with E-state index in [-0.39, 0.29) is 0 Å². The van der Waals surface area contributed by atoms with E-state index in [1.54, 1.807) is 7.11 Å². The minimum Gasteiger partial charge on any atom is -0.497 e. The first kappa shape index (κ1) is 16.9. The molecule has 0 radical (unpaired) electrons. The van der Waals surface area contributed by atoms with E-state index < -0.39 is 0 Å². The zero-order chi connectivity index (χ0) is 15.5. The normalized spacial score (nSPS) is 24.6. The number of hydrogen-bond donors (Lipinski definition) is 0. The van der Waals surface area contributed by atoms with Crippen molar-refractivity contribution in [3.8, 4) is 5.75 Å². The molecule has 0 saturated heterocycles. The summed E-state index contributed by atoms with van der Waals surface area (Å²) in [6.45, 7) is 7.17. The number of rotatable bonds is 4. The molecule has 1 aromatic carbocycles. The first-order chi connectivity index (χ1) is 9.90. The van der Waals surface area contributed by atoms with Gasteiger partial charge in [-0.25, -0.2) is 0 Å². The monoisotopic (exact) mass is 352 g/mol. The van der Waals surface area contributed by atoms with Crippen molar-refractivity contribution in [1.29, 1.82) is 0 Å². The van der Waals surface area contributed by atoms with E-state index in [0.29, 0.717) is 10.2 Å². The molecule has 1 aromatic rings. The molecule has 118 valence electrons. The van der Waals surface area contributed by atoms with Gasteiger partial charge in [0.05, 0.1) is 7.11 Å². The zero-order valence-corrected chi connectivity index (χ0v) is 15.4. The molecule has 21 heavy (non-hydrogen) atoms. The maximum Gasteiger partial charge on any atom is 0.119 e. The van der Waals surface area contributed by atoms with Crippen LogP contribution in [0.4, 0.5) is 0 Å². The topological polar surface area (TPSA) is 9.23 Å². The van der Waals surface area contributed by atoms with Gasteiger partial charge in [-0.2, -0.15) is 0 Å². The van der Waals surface area contributed by atoms with Crippen LogP contribution in [0.2, 0.25) is 0 Å². The van der Waals surface area contributed by atoms with E-state index in [1.807, 2.05) is 6.07 Å². The summed E-state index contributed by atoms with van der Waals surface area (Å²) < 4.78 is 5.32. The molecule has 0 aliphatic heterocycles. The minimum atomic E-state index is 0.472. The van der Waals surface area contributed by atoms with Crippen molar-refractivity contribution in [2.75, 3.05) is 7.11 Å². The Morgan fingerprint density at radius 1 is 1.19 bits per heavy atom. The Bertz CT molecular complexity index is 441. The Kier molecular flexibility index (Phi) is 5.76. The molecule has 2 heteroatoms. The highest BCUT2D eigenvalue weighted by Crippen LogP contribution is 2.42. The third kappa shape index (κ3) is 4.74. The summed E-state index contributed by atoms with van der Waals surface area (Å²) in [7, 11) is 1.73. The van der Waals surface area contributed by atoms with Gasteiger partial charge in [-0.3, -0.25) is 0 Å². The largest absolute Gasteiger partial charge is 0.497 e. The molecule has 0 aromatic heterocycles. The van der Waals surface area contributed by atoms with Crippen molar-refractivity contribution >= 4 is 15.9 Å². The Balaban J connectivity index is 1.88. The van der Waals surface area contributed by atoms with Crippen LogP contribution in [0, 0.1) is 17.3 Å². The van der Waals surface area contributed by atoms with Gasteiger partial charge in [0.2, 0.25) is 0 Å². The number of halogens is 1. The van der Waals surface area contributed by atoms with Gasteiger partial charge in [-0.1, -0.05) is 48.8 Å². The van der Waals surface area contributed by atoms with Crippen molar-refractivity contribution in [3.05, 3.63) is 29.8 Å². The van der Waals surface area contributed by atoms with Crippen LogP contribution in [0.5, 0.6) is 5.75 Å². The second-order valence-corrected chi connectivity index (χ2v) is 8.73. The fraction of sp³-hybridized carbons (Fsp3) is 0.684. The maximum absolute atomic E-state index is 5.32. The van der Waals surface area contributed by atoms with Crippen LogP contribution in [-0.4, -0.2) is 11.9 Å². The quantitative estimate of drug-likeness (QED) is 0.617. The molecule has 0 N–H and O–H groups in total. The summed E-state index contributed by atoms with van der Waals surface area (Å²) in [4.78, 5) is 0.588. The molecule has 1 saturated carbocycles. The lowest BCUT2D eigenvalue weighted by Gasteiger charge is -2.38. The first-order valence-corrected chi connectivity index (χ1v) is 9.08. The second-order valence-electron chi connectivity index (χ2n) is 7.55. The Hall–Kier alpha value is -0.500. The number of methoxy groups -OCH3 is 1. The standard InChI is InChI=1S/C19H29BrO/c1-19(2,3)16-10-8-15(9-11-16)18(20)13-14-6-5-7-17(12-14)21-4/h5-7,12,15-16,18H,8-11,13H2,1-4H3. The molecule has 1 aliphatic carbocycles. The summed E-state index contributed by atoms with van der Waals surface area (Å²) in [5.41, 5.74) is 1.84. The fourth-order valence-corrected chi connectivity index (χ4v) is 4.44. The Labute approximate surface area is 138 Å². The summed E-state index contributed by atoms with van der Waals surface area (Å²) in [6.07, 6.45) is 6.59. The third-order valence-corrected chi connectivity index (χ3v) is 6.14. The number of hydrogen-bond acceptors (Lipinski definition) is 1. The SMILES string of the molecule is COc1cccc(CC(Br)C2CCC(C(C)(C)C)CC2)c1. The fourth-order valence-electron chi connectivity index (χ4n) is 3.54. The Morgan fingerprint density at radius 3 is 2.43 bits per heavy atom. The lowest BCUT2D eigenvalue weighted by molar-refractivity contribution is 0.149. The van der Waals surface area contributed by atoms with E-state index in [0.717, 1.165) is 24.0 Å². The summed E-state index contributed by atoms with van der Waals surface area (Å²) in [5.74, 6) is 2.67. The highest BCUT2D eigenvalue weighted by atomic mass is 79.9. The number of alkyl halides is 1. The maximum atomic E-state index is 5.32. The van der Waals surface area contributed by atoms with Gasteiger partial charge in [0.25, 0.3) is 0 Å². The number of ether oxygens (including phenoxy) is 1. The van der Waals surface area contributed by atoms with Gasteiger partial charge >= 0.3 is 0 Å². The predicted molar refractivity (Wildman–Crippen MR) is 94.3 cm³/mol. The second kappa shape index (κ2) is 7.17. The highest BCUT2D eigenvalue weighted by Gasteiger charge is 2.32. The van der Waals surface area contributed by atoms with Crippen molar-refractivity contribution in [2.24, 2.45) is 17.3 Å². The van der Waals surface area contributed by atoms with Gasteiger partial charge in [-0.05, 0) is 67.1 Å². The van der Waals surface area contributed by atoms with Crippen LogP contribution in [0.3, 0.4) is 0 Å². The average molecular weight is 353 g/mol. The molecule has 2 rings (SSSR count). The summed E-state index contributed by atoms with van der Waals surface area (Å²) >= 11 is 3.95. The first-order valence-electron chi connectivity index (χ1n) is 8.17. The molecular weight excluding hydrogens is 324 g/mol. The molecule has 1 nitrogen and oxygen atoms in total. The predicted octanol–water partition coefficient (Wildman–Crippen LogP) is 5.85. The Morgan fingerprint density at radius 2 is 1.86 bits per heavy atom. The van der Waals surface area contributed by atoms with Crippen molar-refractivity contribution in [3.63, 3.8) is 0 Å². The molecule has 0 amide bonds. The van der Waals surface area contributed by atoms with E-state index in [2.05, 4.69) is 54.9 Å². The summed E-state index contributed by atoms with van der Waals surface area (Å²) in [6, 6.07) is 8.47. The van der Waals surface area contributed by atoms with Crippen molar-refractivity contribution in [1.82, 2.24) is 0 Å². The minimum absolute atomic E-state index is 0.472. The third-order valence-electron chi connectivity index (χ3n) is 5.07. The van der Waals surface area contributed by atoms with Gasteiger partial charge < -0.3 is 4.74 Å². The number of benzene rings is 1. The summed E-state index contributed by atoms with van der Waals surface area (Å²) in [5, 5.41) is 0. The molecule has 1 atom stereocenters. The van der Waals surface area contributed by atoms with Gasteiger partial charge in [0.1, 0.15) is 5.75 Å². The van der Waals surface area contributed by atoms with E-state index in [4.69, 9.17) is 4.74 Å². The molecule has 0 spiro atoms. The molecule has 0 heterocycles. The molecule has 0 bridgehead atoms. The van der Waals surface area contributed by atoms with Crippen molar-refractivity contribution in [2.45, 2.75) is 57.7 Å². The van der Waals surface area contributed by atoms with Gasteiger partial charge in [-0.15, -0.1) is 0 Å². The average Bonchev–Trinajstić information content (AvgIpc) is 2.46. The lowest BCUT2D eigenvalue weighted by atomic mass is 9.69. The van der Waals surface area contributed by atoms with E-state index >= 15 is 0 Å². The molecule has 1 fully saturated rings. The van der Waals surface area contributed by atoms with Crippen molar-refractivity contribution < 1.29 is 4.74 Å². The lowest BCUT2D eigenvalue weighted by Crippen LogP contribution is -2.29. The van der Waals surface area contributed by atoms with Crippen LogP contribution in [0.25, 0.3) is 0 Å². The molecule has 1 aliphatic rings. The molecule has 1 unspecified atom stereocenters. The smallest absolute Gasteiger partial charge is 0.119 e. The molecular formula is C19H29BrO. The van der Waals surface area contributed by atoms with Crippen LogP contribution >= 0.6 is 15.9 Å². The van der Waals surface area contributed by atoms with Crippen LogP contribution < -0.4 is 4.74 Å². The van der Waals surface area contributed by atoms with Crippen LogP contribution in [-0.2, 0) is 6.42 Å². The van der Waals surface area contributed by atoms with E-state index in [9.17, 15) is 0 Å². The van der Waals surface area contributed by atoms with E-state index in [1.165, 1.54) is 31.2 Å². The highest BCUT2D eigenvalue weighted by molar-refractivity contribution is 9.09. The zero-order valence-electron chi connectivity index (χ0n) is 13.9. The van der Waals surface area contributed by atoms with Crippen LogP contribution in [0.15, 0.2) is 24.3 Å².